The molecule has 0 radical (unpaired) electrons. The summed E-state index contributed by atoms with van der Waals surface area (Å²) in [6, 6.07) is 9.56. The molecule has 18 heavy (non-hydrogen) atoms. The molecule has 0 unspecified atom stereocenters. The van der Waals surface area contributed by atoms with Crippen molar-refractivity contribution in [2.45, 2.75) is 6.42 Å². The highest BCUT2D eigenvalue weighted by Gasteiger charge is 2.14. The van der Waals surface area contributed by atoms with E-state index < -0.39 is 0 Å². The molecule has 0 aliphatic heterocycles. The van der Waals surface area contributed by atoms with Crippen molar-refractivity contribution in [3.05, 3.63) is 30.0 Å². The van der Waals surface area contributed by atoms with Gasteiger partial charge in [0.2, 0.25) is 5.76 Å². The van der Waals surface area contributed by atoms with E-state index in [-0.39, 0.29) is 5.76 Å². The maximum absolute atomic E-state index is 9.03. The lowest BCUT2D eigenvalue weighted by Gasteiger charge is -2.09. The molecule has 4 nitrogen and oxygen atoms in total. The minimum absolute atomic E-state index is 0.251. The summed E-state index contributed by atoms with van der Waals surface area (Å²) >= 11 is 0. The summed E-state index contributed by atoms with van der Waals surface area (Å²) in [5, 5.41) is 9.89. The molecule has 0 fully saturated rings. The van der Waals surface area contributed by atoms with Gasteiger partial charge in [0.25, 0.3) is 0 Å². The van der Waals surface area contributed by atoms with Crippen LogP contribution in [-0.2, 0) is 0 Å². The molecular weight excluding hydrogens is 228 g/mol. The van der Waals surface area contributed by atoms with Gasteiger partial charge < -0.3 is 14.1 Å². The normalized spacial score (nSPS) is 10.8. The lowest BCUT2D eigenvalue weighted by atomic mass is 10.2. The van der Waals surface area contributed by atoms with Gasteiger partial charge in [0.05, 0.1) is 12.0 Å². The van der Waals surface area contributed by atoms with Crippen molar-refractivity contribution in [2.75, 3.05) is 27.2 Å². The van der Waals surface area contributed by atoms with Gasteiger partial charge in [-0.15, -0.1) is 0 Å². The third-order valence-electron chi connectivity index (χ3n) is 2.65. The van der Waals surface area contributed by atoms with Crippen LogP contribution in [0.1, 0.15) is 12.2 Å². The van der Waals surface area contributed by atoms with E-state index in [1.165, 1.54) is 0 Å². The molecule has 94 valence electrons. The van der Waals surface area contributed by atoms with Crippen molar-refractivity contribution in [1.82, 2.24) is 4.90 Å². The molecule has 0 saturated carbocycles. The molecule has 0 amide bonds. The summed E-state index contributed by atoms with van der Waals surface area (Å²) in [7, 11) is 4.04. The Labute approximate surface area is 106 Å². The van der Waals surface area contributed by atoms with Gasteiger partial charge in [-0.05, 0) is 32.6 Å². The SMILES string of the molecule is CN(C)CCCOc1c(C#N)oc2ccccc12. The standard InChI is InChI=1S/C14H16N2O2/c1-16(2)8-5-9-17-14-11-6-3-4-7-12(11)18-13(14)10-15/h3-4,6-7H,5,8-9H2,1-2H3. The Balaban J connectivity index is 2.14. The molecule has 0 spiro atoms. The van der Waals surface area contributed by atoms with Crippen molar-refractivity contribution < 1.29 is 9.15 Å². The van der Waals surface area contributed by atoms with Gasteiger partial charge in [0.1, 0.15) is 11.7 Å². The van der Waals surface area contributed by atoms with E-state index in [9.17, 15) is 0 Å². The van der Waals surface area contributed by atoms with E-state index >= 15 is 0 Å². The average Bonchev–Trinajstić information content (AvgIpc) is 2.72. The van der Waals surface area contributed by atoms with Gasteiger partial charge >= 0.3 is 0 Å². The first-order valence-electron chi connectivity index (χ1n) is 5.91. The van der Waals surface area contributed by atoms with E-state index in [0.717, 1.165) is 18.4 Å². The molecule has 1 heterocycles. The van der Waals surface area contributed by atoms with E-state index in [2.05, 4.69) is 4.90 Å². The number of hydrogen-bond acceptors (Lipinski definition) is 4. The van der Waals surface area contributed by atoms with Crippen LogP contribution in [0.25, 0.3) is 11.0 Å². The van der Waals surface area contributed by atoms with Crippen LogP contribution in [0.5, 0.6) is 5.75 Å². The molecule has 4 heteroatoms. The second kappa shape index (κ2) is 5.56. The topological polar surface area (TPSA) is 49.4 Å². The molecule has 2 rings (SSSR count). The average molecular weight is 244 g/mol. The number of fused-ring (bicyclic) bond motifs is 1. The minimum Gasteiger partial charge on any atom is -0.488 e. The number of para-hydroxylation sites is 1. The summed E-state index contributed by atoms with van der Waals surface area (Å²) in [5.74, 6) is 0.813. The van der Waals surface area contributed by atoms with Crippen molar-refractivity contribution >= 4 is 11.0 Å². The van der Waals surface area contributed by atoms with Crippen LogP contribution in [0.3, 0.4) is 0 Å². The van der Waals surface area contributed by atoms with Crippen molar-refractivity contribution in [3.63, 3.8) is 0 Å². The van der Waals surface area contributed by atoms with Gasteiger partial charge in [0, 0.05) is 6.54 Å². The molecule has 0 saturated heterocycles. The summed E-state index contributed by atoms with van der Waals surface area (Å²) < 4.78 is 11.1. The first-order valence-corrected chi connectivity index (χ1v) is 5.91. The Morgan fingerprint density at radius 3 is 2.83 bits per heavy atom. The number of nitrogens with zero attached hydrogens (tertiary/aromatic N) is 2. The van der Waals surface area contributed by atoms with Crippen LogP contribution >= 0.6 is 0 Å². The van der Waals surface area contributed by atoms with Gasteiger partial charge in [-0.1, -0.05) is 12.1 Å². The minimum atomic E-state index is 0.251. The van der Waals surface area contributed by atoms with Crippen LogP contribution in [0.2, 0.25) is 0 Å². The Bertz CT molecular complexity index is 567. The van der Waals surface area contributed by atoms with Gasteiger partial charge in [-0.2, -0.15) is 5.26 Å². The monoisotopic (exact) mass is 244 g/mol. The van der Waals surface area contributed by atoms with Gasteiger partial charge in [-0.25, -0.2) is 0 Å². The first kappa shape index (κ1) is 12.5. The third kappa shape index (κ3) is 2.63. The summed E-state index contributed by atoms with van der Waals surface area (Å²) in [6.07, 6.45) is 0.914. The largest absolute Gasteiger partial charge is 0.488 e. The number of nitriles is 1. The Hall–Kier alpha value is -1.99. The predicted octanol–water partition coefficient (Wildman–Crippen LogP) is 2.63. The number of benzene rings is 1. The lowest BCUT2D eigenvalue weighted by molar-refractivity contribution is 0.280. The maximum Gasteiger partial charge on any atom is 0.246 e. The molecular formula is C14H16N2O2. The van der Waals surface area contributed by atoms with E-state index in [4.69, 9.17) is 14.4 Å². The lowest BCUT2D eigenvalue weighted by Crippen LogP contribution is -2.15. The first-order chi connectivity index (χ1) is 8.72. The molecule has 0 atom stereocenters. The predicted molar refractivity (Wildman–Crippen MR) is 69.6 cm³/mol. The van der Waals surface area contributed by atoms with Crippen LogP contribution in [0.15, 0.2) is 28.7 Å². The third-order valence-corrected chi connectivity index (χ3v) is 2.65. The quantitative estimate of drug-likeness (QED) is 0.759. The van der Waals surface area contributed by atoms with E-state index in [1.54, 1.807) is 0 Å². The van der Waals surface area contributed by atoms with Crippen molar-refractivity contribution in [2.24, 2.45) is 0 Å². The van der Waals surface area contributed by atoms with Crippen LogP contribution in [0.4, 0.5) is 0 Å². The Kier molecular flexibility index (Phi) is 3.85. The molecule has 2 aromatic rings. The second-order valence-electron chi connectivity index (χ2n) is 4.37. The number of rotatable bonds is 5. The zero-order valence-electron chi connectivity index (χ0n) is 10.6. The smallest absolute Gasteiger partial charge is 0.246 e. The molecule has 0 N–H and O–H groups in total. The molecule has 1 aromatic heterocycles. The Morgan fingerprint density at radius 2 is 2.11 bits per heavy atom. The van der Waals surface area contributed by atoms with E-state index in [1.807, 2.05) is 44.4 Å². The van der Waals surface area contributed by atoms with Gasteiger partial charge in [-0.3, -0.25) is 0 Å². The highest BCUT2D eigenvalue weighted by molar-refractivity contribution is 5.86. The molecule has 0 aliphatic carbocycles. The maximum atomic E-state index is 9.03. The van der Waals surface area contributed by atoms with Crippen LogP contribution in [0, 0.1) is 11.3 Å². The highest BCUT2D eigenvalue weighted by Crippen LogP contribution is 2.32. The fourth-order valence-corrected chi connectivity index (χ4v) is 1.79. The zero-order chi connectivity index (χ0) is 13.0. The number of ether oxygens (including phenoxy) is 1. The van der Waals surface area contributed by atoms with Crippen molar-refractivity contribution in [1.29, 1.82) is 5.26 Å². The molecule has 0 aliphatic rings. The van der Waals surface area contributed by atoms with Crippen LogP contribution < -0.4 is 4.74 Å². The van der Waals surface area contributed by atoms with Gasteiger partial charge in [0.15, 0.2) is 5.75 Å². The number of hydrogen-bond donors (Lipinski definition) is 0. The Morgan fingerprint density at radius 1 is 1.33 bits per heavy atom. The highest BCUT2D eigenvalue weighted by atomic mass is 16.5. The second-order valence-corrected chi connectivity index (χ2v) is 4.37. The molecule has 1 aromatic carbocycles. The fraction of sp³-hybridized carbons (Fsp3) is 0.357. The van der Waals surface area contributed by atoms with Crippen LogP contribution in [-0.4, -0.2) is 32.1 Å². The summed E-state index contributed by atoms with van der Waals surface area (Å²) in [6.45, 7) is 1.54. The van der Waals surface area contributed by atoms with Crippen molar-refractivity contribution in [3.8, 4) is 11.8 Å². The number of furan rings is 1. The fourth-order valence-electron chi connectivity index (χ4n) is 1.79. The summed E-state index contributed by atoms with van der Waals surface area (Å²) in [4.78, 5) is 2.10. The molecule has 0 bridgehead atoms. The van der Waals surface area contributed by atoms with E-state index in [0.29, 0.717) is 17.9 Å². The zero-order valence-corrected chi connectivity index (χ0v) is 10.6. The summed E-state index contributed by atoms with van der Waals surface area (Å²) in [5.41, 5.74) is 0.691.